The number of piperidine rings is 1. The van der Waals surface area contributed by atoms with Gasteiger partial charge in [-0.2, -0.15) is 0 Å². The van der Waals surface area contributed by atoms with Crippen LogP contribution in [0.1, 0.15) is 73.1 Å². The van der Waals surface area contributed by atoms with Crippen LogP contribution in [0.5, 0.6) is 0 Å². The van der Waals surface area contributed by atoms with Crippen LogP contribution < -0.4 is 10.6 Å². The maximum absolute atomic E-state index is 12.7. The Morgan fingerprint density at radius 2 is 1.88 bits per heavy atom. The SMILES string of the molecule is C[C@H](NC(=O)N[C@@H]1C[C@H]2CC[C@@]1(C)C2(C)C)C(=O)N1CCCC[C@@H]1C. The van der Waals surface area contributed by atoms with E-state index in [1.807, 2.05) is 4.90 Å². The summed E-state index contributed by atoms with van der Waals surface area (Å²) in [4.78, 5) is 27.1. The summed E-state index contributed by atoms with van der Waals surface area (Å²) in [6, 6.07) is -0.184. The summed E-state index contributed by atoms with van der Waals surface area (Å²) in [6.45, 7) is 11.7. The van der Waals surface area contributed by atoms with Crippen LogP contribution in [0.2, 0.25) is 0 Å². The number of nitrogens with one attached hydrogen (secondary N) is 2. The number of amides is 3. The molecule has 5 nitrogen and oxygen atoms in total. The van der Waals surface area contributed by atoms with Crippen molar-refractivity contribution in [2.75, 3.05) is 6.54 Å². The molecular formula is C20H35N3O2. The van der Waals surface area contributed by atoms with Gasteiger partial charge in [0.25, 0.3) is 0 Å². The van der Waals surface area contributed by atoms with E-state index >= 15 is 0 Å². The molecule has 1 aliphatic heterocycles. The Morgan fingerprint density at radius 3 is 2.44 bits per heavy atom. The Hall–Kier alpha value is -1.26. The number of carbonyl (C=O) groups excluding carboxylic acids is 2. The quantitative estimate of drug-likeness (QED) is 0.821. The highest BCUT2D eigenvalue weighted by atomic mass is 16.2. The molecule has 5 atom stereocenters. The minimum absolute atomic E-state index is 0.0434. The molecule has 0 aromatic heterocycles. The number of hydrogen-bond acceptors (Lipinski definition) is 2. The molecule has 2 N–H and O–H groups in total. The van der Waals surface area contributed by atoms with E-state index in [0.29, 0.717) is 5.92 Å². The van der Waals surface area contributed by atoms with Gasteiger partial charge in [-0.3, -0.25) is 4.79 Å². The van der Waals surface area contributed by atoms with E-state index < -0.39 is 6.04 Å². The van der Waals surface area contributed by atoms with E-state index in [4.69, 9.17) is 0 Å². The maximum Gasteiger partial charge on any atom is 0.315 e. The fourth-order valence-corrected chi connectivity index (χ4v) is 5.55. The molecule has 142 valence electrons. The first-order valence-corrected chi connectivity index (χ1v) is 10.0. The Bertz CT molecular complexity index is 547. The summed E-state index contributed by atoms with van der Waals surface area (Å²) in [5.41, 5.74) is 0.430. The third kappa shape index (κ3) is 3.04. The molecular weight excluding hydrogens is 314 g/mol. The Morgan fingerprint density at radius 1 is 1.16 bits per heavy atom. The molecule has 0 radical (unpaired) electrons. The zero-order valence-corrected chi connectivity index (χ0v) is 16.5. The number of nitrogens with zero attached hydrogens (tertiary/aromatic N) is 1. The minimum Gasteiger partial charge on any atom is -0.338 e. The second kappa shape index (κ2) is 6.48. The fraction of sp³-hybridized carbons (Fsp3) is 0.900. The summed E-state index contributed by atoms with van der Waals surface area (Å²) in [5, 5.41) is 6.07. The van der Waals surface area contributed by atoms with Crippen LogP contribution in [0.4, 0.5) is 4.79 Å². The fourth-order valence-electron chi connectivity index (χ4n) is 5.55. The molecule has 3 fully saturated rings. The van der Waals surface area contributed by atoms with Gasteiger partial charge in [0.2, 0.25) is 5.91 Å². The zero-order chi connectivity index (χ0) is 18.4. The predicted molar refractivity (Wildman–Crippen MR) is 99.2 cm³/mol. The van der Waals surface area contributed by atoms with Gasteiger partial charge < -0.3 is 15.5 Å². The van der Waals surface area contributed by atoms with Gasteiger partial charge in [0, 0.05) is 18.6 Å². The molecule has 0 unspecified atom stereocenters. The highest BCUT2D eigenvalue weighted by molar-refractivity contribution is 5.87. The molecule has 2 saturated carbocycles. The van der Waals surface area contributed by atoms with Crippen LogP contribution in [-0.2, 0) is 4.79 Å². The van der Waals surface area contributed by atoms with Crippen molar-refractivity contribution in [1.82, 2.24) is 15.5 Å². The van der Waals surface area contributed by atoms with Crippen LogP contribution >= 0.6 is 0 Å². The lowest BCUT2D eigenvalue weighted by Crippen LogP contribution is -2.56. The Labute approximate surface area is 152 Å². The Kier molecular flexibility index (Phi) is 4.80. The van der Waals surface area contributed by atoms with E-state index in [-0.39, 0.29) is 34.9 Å². The molecule has 25 heavy (non-hydrogen) atoms. The van der Waals surface area contributed by atoms with Gasteiger partial charge in [0.15, 0.2) is 0 Å². The molecule has 2 bridgehead atoms. The normalized spacial score (nSPS) is 37.6. The summed E-state index contributed by atoms with van der Waals surface area (Å²) >= 11 is 0. The first kappa shape index (κ1) is 18.5. The first-order valence-electron chi connectivity index (χ1n) is 10.0. The Balaban J connectivity index is 1.55. The predicted octanol–water partition coefficient (Wildman–Crippen LogP) is 3.29. The van der Waals surface area contributed by atoms with Crippen molar-refractivity contribution >= 4 is 11.9 Å². The second-order valence-electron chi connectivity index (χ2n) is 9.38. The smallest absolute Gasteiger partial charge is 0.315 e. The van der Waals surface area contributed by atoms with Crippen molar-refractivity contribution in [2.24, 2.45) is 16.7 Å². The van der Waals surface area contributed by atoms with Gasteiger partial charge >= 0.3 is 6.03 Å². The average molecular weight is 350 g/mol. The highest BCUT2D eigenvalue weighted by Gasteiger charge is 2.61. The van der Waals surface area contributed by atoms with Gasteiger partial charge in [0.1, 0.15) is 6.04 Å². The van der Waals surface area contributed by atoms with Crippen LogP contribution in [0.3, 0.4) is 0 Å². The molecule has 0 aromatic carbocycles. The summed E-state index contributed by atoms with van der Waals surface area (Å²) < 4.78 is 0. The van der Waals surface area contributed by atoms with Crippen LogP contribution in [0, 0.1) is 16.7 Å². The van der Waals surface area contributed by atoms with Crippen molar-refractivity contribution in [2.45, 2.75) is 91.3 Å². The number of fused-ring (bicyclic) bond motifs is 2. The summed E-state index contributed by atoms with van der Waals surface area (Å²) in [7, 11) is 0. The second-order valence-corrected chi connectivity index (χ2v) is 9.38. The summed E-state index contributed by atoms with van der Waals surface area (Å²) in [5.74, 6) is 0.734. The number of likely N-dealkylation sites (tertiary alicyclic amines) is 1. The van der Waals surface area contributed by atoms with Crippen LogP contribution in [0.15, 0.2) is 0 Å². The zero-order valence-electron chi connectivity index (χ0n) is 16.5. The lowest BCUT2D eigenvalue weighted by Gasteiger charge is -2.39. The van der Waals surface area contributed by atoms with Crippen molar-refractivity contribution in [3.05, 3.63) is 0 Å². The molecule has 3 amide bonds. The van der Waals surface area contributed by atoms with Crippen LogP contribution in [-0.4, -0.2) is 41.5 Å². The lowest BCUT2D eigenvalue weighted by molar-refractivity contribution is -0.136. The lowest BCUT2D eigenvalue weighted by atomic mass is 9.69. The van der Waals surface area contributed by atoms with Crippen molar-refractivity contribution in [3.8, 4) is 0 Å². The first-order chi connectivity index (χ1) is 11.7. The molecule has 0 spiro atoms. The largest absolute Gasteiger partial charge is 0.338 e. The van der Waals surface area contributed by atoms with E-state index in [0.717, 1.165) is 25.8 Å². The minimum atomic E-state index is -0.472. The summed E-state index contributed by atoms with van der Waals surface area (Å²) in [6.07, 6.45) is 6.81. The number of carbonyl (C=O) groups is 2. The third-order valence-corrected chi connectivity index (χ3v) is 7.90. The van der Waals surface area contributed by atoms with Crippen molar-refractivity contribution in [1.29, 1.82) is 0 Å². The molecule has 0 aromatic rings. The maximum atomic E-state index is 12.7. The van der Waals surface area contributed by atoms with Gasteiger partial charge in [-0.1, -0.05) is 20.8 Å². The standard InChI is InChI=1S/C20H35N3O2/c1-13-8-6-7-11-23(13)17(24)14(2)21-18(25)22-16-12-15-9-10-20(16,5)19(15,3)4/h13-16H,6-12H2,1-5H3,(H2,21,22,25)/t13-,14-,15+,16+,20+/m0/s1. The van der Waals surface area contributed by atoms with E-state index in [1.54, 1.807) is 6.92 Å². The van der Waals surface area contributed by atoms with Crippen molar-refractivity contribution in [3.63, 3.8) is 0 Å². The van der Waals surface area contributed by atoms with Gasteiger partial charge in [-0.05, 0) is 69.1 Å². The molecule has 5 heteroatoms. The van der Waals surface area contributed by atoms with E-state index in [2.05, 4.69) is 38.3 Å². The molecule has 3 rings (SSSR count). The van der Waals surface area contributed by atoms with Gasteiger partial charge in [-0.25, -0.2) is 4.79 Å². The monoisotopic (exact) mass is 349 g/mol. The number of hydrogen-bond donors (Lipinski definition) is 2. The molecule has 3 aliphatic rings. The average Bonchev–Trinajstić information content (AvgIpc) is 2.88. The molecule has 2 aliphatic carbocycles. The van der Waals surface area contributed by atoms with Crippen molar-refractivity contribution < 1.29 is 9.59 Å². The van der Waals surface area contributed by atoms with E-state index in [9.17, 15) is 9.59 Å². The number of urea groups is 1. The van der Waals surface area contributed by atoms with E-state index in [1.165, 1.54) is 19.3 Å². The third-order valence-electron chi connectivity index (χ3n) is 7.90. The topological polar surface area (TPSA) is 61.4 Å². The van der Waals surface area contributed by atoms with Crippen LogP contribution in [0.25, 0.3) is 0 Å². The number of rotatable bonds is 3. The van der Waals surface area contributed by atoms with Gasteiger partial charge in [-0.15, -0.1) is 0 Å². The molecule has 1 saturated heterocycles. The van der Waals surface area contributed by atoms with Gasteiger partial charge in [0.05, 0.1) is 0 Å². The highest BCUT2D eigenvalue weighted by Crippen LogP contribution is 2.65. The molecule has 1 heterocycles.